The molecule has 0 atom stereocenters. The number of rotatable bonds is 3. The first-order valence-electron chi connectivity index (χ1n) is 8.60. The summed E-state index contributed by atoms with van der Waals surface area (Å²) in [6.45, 7) is 4.28. The van der Waals surface area contributed by atoms with Gasteiger partial charge in [0.2, 0.25) is 0 Å². The molecule has 0 bridgehead atoms. The summed E-state index contributed by atoms with van der Waals surface area (Å²) in [5.41, 5.74) is 4.76. The summed E-state index contributed by atoms with van der Waals surface area (Å²) in [7, 11) is 0. The Bertz CT molecular complexity index is 980. The number of nitrogens with zero attached hydrogens (tertiary/aromatic N) is 3. The molecule has 3 aromatic rings. The summed E-state index contributed by atoms with van der Waals surface area (Å²) in [4.78, 5) is 26.4. The van der Waals surface area contributed by atoms with Gasteiger partial charge in [0.25, 0.3) is 5.56 Å². The molecule has 5 nitrogen and oxygen atoms in total. The Morgan fingerprint density at radius 1 is 1.23 bits per heavy atom. The zero-order valence-corrected chi connectivity index (χ0v) is 15.3. The van der Waals surface area contributed by atoms with Gasteiger partial charge in [-0.25, -0.2) is 4.98 Å². The van der Waals surface area contributed by atoms with E-state index in [0.717, 1.165) is 40.5 Å². The topological polar surface area (TPSA) is 61.9 Å². The average molecular weight is 367 g/mol. The number of halogens is 1. The van der Waals surface area contributed by atoms with Crippen LogP contribution in [0.15, 0.2) is 47.5 Å². The van der Waals surface area contributed by atoms with Crippen molar-refractivity contribution in [2.75, 3.05) is 6.54 Å². The fourth-order valence-electron chi connectivity index (χ4n) is 3.37. The first-order valence-corrected chi connectivity index (χ1v) is 8.98. The molecule has 0 saturated heterocycles. The standard InChI is InChI=1S/C20H19ClN4O/c1-13-3-2-4-17(21)16(13)11-25-10-7-15-18(12-25)23-19(24-20(15)26)14-5-8-22-9-6-14/h2-6,8-9H,7,10-12H2,1H3,(H,23,24,26). The van der Waals surface area contributed by atoms with E-state index in [1.807, 2.05) is 24.3 Å². The number of aromatic nitrogens is 3. The number of fused-ring (bicyclic) bond motifs is 1. The van der Waals surface area contributed by atoms with Gasteiger partial charge in [0.05, 0.1) is 5.69 Å². The van der Waals surface area contributed by atoms with Gasteiger partial charge in [-0.1, -0.05) is 23.7 Å². The van der Waals surface area contributed by atoms with Gasteiger partial charge in [-0.3, -0.25) is 14.7 Å². The van der Waals surface area contributed by atoms with E-state index in [2.05, 4.69) is 27.9 Å². The molecule has 1 aliphatic rings. The van der Waals surface area contributed by atoms with Crippen LogP contribution in [0, 0.1) is 6.92 Å². The minimum Gasteiger partial charge on any atom is -0.306 e. The Morgan fingerprint density at radius 3 is 2.81 bits per heavy atom. The van der Waals surface area contributed by atoms with Crippen molar-refractivity contribution in [2.45, 2.75) is 26.4 Å². The lowest BCUT2D eigenvalue weighted by molar-refractivity contribution is 0.240. The molecule has 6 heteroatoms. The summed E-state index contributed by atoms with van der Waals surface area (Å²) < 4.78 is 0. The van der Waals surface area contributed by atoms with Crippen molar-refractivity contribution in [3.05, 3.63) is 80.5 Å². The van der Waals surface area contributed by atoms with Crippen molar-refractivity contribution in [3.8, 4) is 11.4 Å². The maximum atomic E-state index is 12.5. The minimum atomic E-state index is -0.0459. The zero-order chi connectivity index (χ0) is 18.1. The Morgan fingerprint density at radius 2 is 2.04 bits per heavy atom. The molecule has 0 fully saturated rings. The van der Waals surface area contributed by atoms with Gasteiger partial charge < -0.3 is 4.98 Å². The number of aryl methyl sites for hydroxylation is 1. The van der Waals surface area contributed by atoms with Crippen molar-refractivity contribution in [1.29, 1.82) is 0 Å². The first-order chi connectivity index (χ1) is 12.6. The molecule has 3 heterocycles. The van der Waals surface area contributed by atoms with Gasteiger partial charge in [-0.2, -0.15) is 0 Å². The van der Waals surface area contributed by atoms with Crippen molar-refractivity contribution in [1.82, 2.24) is 19.9 Å². The van der Waals surface area contributed by atoms with Gasteiger partial charge in [0, 0.05) is 48.2 Å². The zero-order valence-electron chi connectivity index (χ0n) is 14.5. The molecule has 0 aliphatic carbocycles. The second-order valence-electron chi connectivity index (χ2n) is 6.57. The molecule has 0 spiro atoms. The van der Waals surface area contributed by atoms with Crippen LogP contribution in [0.4, 0.5) is 0 Å². The van der Waals surface area contributed by atoms with E-state index < -0.39 is 0 Å². The lowest BCUT2D eigenvalue weighted by atomic mass is 10.0. The van der Waals surface area contributed by atoms with E-state index in [-0.39, 0.29) is 5.56 Å². The van der Waals surface area contributed by atoms with Crippen molar-refractivity contribution < 1.29 is 0 Å². The molecule has 0 saturated carbocycles. The molecule has 0 radical (unpaired) electrons. The Hall–Kier alpha value is -2.50. The number of H-pyrrole nitrogens is 1. The van der Waals surface area contributed by atoms with Crippen molar-refractivity contribution in [2.24, 2.45) is 0 Å². The van der Waals surface area contributed by atoms with Crippen molar-refractivity contribution >= 4 is 11.6 Å². The number of hydrogen-bond acceptors (Lipinski definition) is 4. The second kappa shape index (κ2) is 7.02. The van der Waals surface area contributed by atoms with Crippen LogP contribution in [0.1, 0.15) is 22.4 Å². The molecule has 26 heavy (non-hydrogen) atoms. The molecule has 1 aliphatic heterocycles. The Balaban J connectivity index is 1.64. The Labute approximate surface area is 156 Å². The first kappa shape index (κ1) is 16.9. The predicted octanol–water partition coefficient (Wildman–Crippen LogP) is 3.35. The number of pyridine rings is 1. The lowest BCUT2D eigenvalue weighted by Gasteiger charge is -2.28. The molecular weight excluding hydrogens is 348 g/mol. The third kappa shape index (κ3) is 3.28. The fourth-order valence-corrected chi connectivity index (χ4v) is 3.65. The average Bonchev–Trinajstić information content (AvgIpc) is 2.65. The summed E-state index contributed by atoms with van der Waals surface area (Å²) in [6.07, 6.45) is 4.08. The highest BCUT2D eigenvalue weighted by molar-refractivity contribution is 6.31. The van der Waals surface area contributed by atoms with Crippen LogP contribution in [-0.2, 0) is 19.5 Å². The highest BCUT2D eigenvalue weighted by Gasteiger charge is 2.22. The summed E-state index contributed by atoms with van der Waals surface area (Å²) in [6, 6.07) is 9.65. The van der Waals surface area contributed by atoms with Gasteiger partial charge in [-0.05, 0) is 42.7 Å². The van der Waals surface area contributed by atoms with Crippen LogP contribution in [0.25, 0.3) is 11.4 Å². The van der Waals surface area contributed by atoms with Crippen LogP contribution in [0.2, 0.25) is 5.02 Å². The van der Waals surface area contributed by atoms with E-state index in [9.17, 15) is 4.79 Å². The van der Waals surface area contributed by atoms with Crippen LogP contribution < -0.4 is 5.56 Å². The monoisotopic (exact) mass is 366 g/mol. The molecule has 1 aromatic carbocycles. The van der Waals surface area contributed by atoms with Crippen molar-refractivity contribution in [3.63, 3.8) is 0 Å². The van der Waals surface area contributed by atoms with E-state index in [1.54, 1.807) is 12.4 Å². The summed E-state index contributed by atoms with van der Waals surface area (Å²) in [5.74, 6) is 0.590. The van der Waals surface area contributed by atoms with E-state index in [0.29, 0.717) is 18.8 Å². The SMILES string of the molecule is Cc1cccc(Cl)c1CN1CCc2c(nc(-c3ccncc3)[nH]c2=O)C1. The molecular formula is C20H19ClN4O. The van der Waals surface area contributed by atoms with E-state index in [4.69, 9.17) is 16.6 Å². The van der Waals surface area contributed by atoms with Gasteiger partial charge >= 0.3 is 0 Å². The van der Waals surface area contributed by atoms with E-state index >= 15 is 0 Å². The smallest absolute Gasteiger partial charge is 0.254 e. The maximum Gasteiger partial charge on any atom is 0.254 e. The van der Waals surface area contributed by atoms with Crippen LogP contribution in [-0.4, -0.2) is 26.4 Å². The number of hydrogen-bond donors (Lipinski definition) is 1. The minimum absolute atomic E-state index is 0.0459. The van der Waals surface area contributed by atoms with Gasteiger partial charge in [0.15, 0.2) is 0 Å². The number of nitrogens with one attached hydrogen (secondary N) is 1. The lowest BCUT2D eigenvalue weighted by Crippen LogP contribution is -2.35. The van der Waals surface area contributed by atoms with E-state index in [1.165, 1.54) is 5.56 Å². The highest BCUT2D eigenvalue weighted by Crippen LogP contribution is 2.24. The van der Waals surface area contributed by atoms with Crippen LogP contribution in [0.3, 0.4) is 0 Å². The predicted molar refractivity (Wildman–Crippen MR) is 102 cm³/mol. The summed E-state index contributed by atoms with van der Waals surface area (Å²) in [5, 5.41) is 0.784. The number of aromatic amines is 1. The number of benzene rings is 1. The molecule has 4 rings (SSSR count). The largest absolute Gasteiger partial charge is 0.306 e. The van der Waals surface area contributed by atoms with Crippen LogP contribution in [0.5, 0.6) is 0 Å². The normalized spacial score (nSPS) is 14.2. The quantitative estimate of drug-likeness (QED) is 0.772. The Kier molecular flexibility index (Phi) is 4.57. The van der Waals surface area contributed by atoms with Gasteiger partial charge in [0.1, 0.15) is 5.82 Å². The summed E-state index contributed by atoms with van der Waals surface area (Å²) >= 11 is 6.38. The maximum absolute atomic E-state index is 12.5. The highest BCUT2D eigenvalue weighted by atomic mass is 35.5. The van der Waals surface area contributed by atoms with Gasteiger partial charge in [-0.15, -0.1) is 0 Å². The molecule has 1 N–H and O–H groups in total. The second-order valence-corrected chi connectivity index (χ2v) is 6.98. The molecule has 2 aromatic heterocycles. The molecule has 0 amide bonds. The third-order valence-corrected chi connectivity index (χ3v) is 5.20. The van der Waals surface area contributed by atoms with Crippen LogP contribution >= 0.6 is 11.6 Å². The molecule has 0 unspecified atom stereocenters. The fraction of sp³-hybridized carbons (Fsp3) is 0.250. The third-order valence-electron chi connectivity index (χ3n) is 4.84. The molecule has 132 valence electrons.